The number of hydrogen-bond acceptors (Lipinski definition) is 3. The van der Waals surface area contributed by atoms with E-state index in [1.54, 1.807) is 0 Å². The highest BCUT2D eigenvalue weighted by Crippen LogP contribution is 2.52. The van der Waals surface area contributed by atoms with Crippen LogP contribution in [-0.2, 0) is 9.53 Å². The average molecular weight is 197 g/mol. The van der Waals surface area contributed by atoms with Crippen LogP contribution < -0.4 is 5.32 Å². The van der Waals surface area contributed by atoms with Crippen molar-refractivity contribution in [3.63, 3.8) is 0 Å². The van der Waals surface area contributed by atoms with Gasteiger partial charge in [-0.25, -0.2) is 0 Å². The average Bonchev–Trinajstić information content (AvgIpc) is 2.30. The number of nitrogens with one attached hydrogen (secondary N) is 1. The summed E-state index contributed by atoms with van der Waals surface area (Å²) in [5, 5.41) is 3.43. The molecule has 14 heavy (non-hydrogen) atoms. The molecule has 3 saturated carbocycles. The Morgan fingerprint density at radius 2 is 1.64 bits per heavy atom. The number of hydrogen-bond donors (Lipinski definition) is 1. The zero-order valence-electron chi connectivity index (χ0n) is 9.06. The van der Waals surface area contributed by atoms with Crippen molar-refractivity contribution in [1.29, 1.82) is 0 Å². The Hall–Kier alpha value is -0.570. The topological polar surface area (TPSA) is 38.3 Å². The van der Waals surface area contributed by atoms with E-state index in [9.17, 15) is 4.79 Å². The lowest BCUT2D eigenvalue weighted by Gasteiger charge is -2.51. The van der Waals surface area contributed by atoms with Crippen LogP contribution in [-0.4, -0.2) is 25.7 Å². The lowest BCUT2D eigenvalue weighted by atomic mass is 9.57. The Bertz CT molecular complexity index is 225. The van der Waals surface area contributed by atoms with E-state index in [1.807, 2.05) is 7.05 Å². The van der Waals surface area contributed by atoms with Gasteiger partial charge in [0.05, 0.1) is 12.5 Å². The third-order valence-corrected chi connectivity index (χ3v) is 4.40. The molecule has 0 spiro atoms. The van der Waals surface area contributed by atoms with Gasteiger partial charge in [-0.2, -0.15) is 0 Å². The van der Waals surface area contributed by atoms with Crippen molar-refractivity contribution in [1.82, 2.24) is 5.32 Å². The minimum atomic E-state index is -0.132. The van der Waals surface area contributed by atoms with Gasteiger partial charge in [-0.05, 0) is 45.6 Å². The Morgan fingerprint density at radius 3 is 2.00 bits per heavy atom. The summed E-state index contributed by atoms with van der Waals surface area (Å²) in [5.41, 5.74) is 0.198. The largest absolute Gasteiger partial charge is 0.469 e. The fourth-order valence-electron chi connectivity index (χ4n) is 3.08. The Labute approximate surface area is 85.2 Å². The van der Waals surface area contributed by atoms with Gasteiger partial charge in [-0.3, -0.25) is 4.79 Å². The molecule has 0 atom stereocenters. The van der Waals surface area contributed by atoms with Crippen LogP contribution in [0.25, 0.3) is 0 Å². The van der Waals surface area contributed by atoms with Crippen LogP contribution in [0.4, 0.5) is 0 Å². The number of ether oxygens (including phenoxy) is 1. The van der Waals surface area contributed by atoms with Crippen molar-refractivity contribution in [3.05, 3.63) is 0 Å². The van der Waals surface area contributed by atoms with Gasteiger partial charge < -0.3 is 10.1 Å². The van der Waals surface area contributed by atoms with Crippen LogP contribution in [0.1, 0.15) is 38.5 Å². The first kappa shape index (κ1) is 9.97. The summed E-state index contributed by atoms with van der Waals surface area (Å²) in [7, 11) is 3.54. The van der Waals surface area contributed by atoms with E-state index in [-0.39, 0.29) is 11.4 Å². The second-order valence-corrected chi connectivity index (χ2v) is 4.80. The third kappa shape index (κ3) is 1.26. The molecule has 3 aliphatic carbocycles. The van der Waals surface area contributed by atoms with Crippen molar-refractivity contribution >= 4 is 5.97 Å². The quantitative estimate of drug-likeness (QED) is 0.681. The normalized spacial score (nSPS) is 41.0. The maximum atomic E-state index is 11.7. The zero-order chi connectivity index (χ0) is 10.2. The predicted octanol–water partition coefficient (Wildman–Crippen LogP) is 1.47. The van der Waals surface area contributed by atoms with Crippen molar-refractivity contribution in [2.24, 2.45) is 5.41 Å². The summed E-state index contributed by atoms with van der Waals surface area (Å²) in [6, 6.07) is 0. The summed E-state index contributed by atoms with van der Waals surface area (Å²) >= 11 is 0. The molecule has 3 rings (SSSR count). The molecular weight excluding hydrogens is 178 g/mol. The molecule has 3 nitrogen and oxygen atoms in total. The first-order valence-corrected chi connectivity index (χ1v) is 5.44. The molecule has 3 heteroatoms. The number of fused-ring (bicyclic) bond motifs is 3. The van der Waals surface area contributed by atoms with E-state index in [1.165, 1.54) is 7.11 Å². The molecular formula is C11H19NO2. The summed E-state index contributed by atoms with van der Waals surface area (Å²) in [5.74, 6) is 0.0157. The van der Waals surface area contributed by atoms with Crippen molar-refractivity contribution in [2.75, 3.05) is 14.2 Å². The molecule has 0 radical (unpaired) electrons. The summed E-state index contributed by atoms with van der Waals surface area (Å²) in [4.78, 5) is 11.7. The van der Waals surface area contributed by atoms with Crippen molar-refractivity contribution in [2.45, 2.75) is 44.1 Å². The molecule has 0 saturated heterocycles. The molecule has 3 aliphatic rings. The first-order valence-electron chi connectivity index (χ1n) is 5.44. The molecule has 1 N–H and O–H groups in total. The summed E-state index contributed by atoms with van der Waals surface area (Å²) in [6.45, 7) is 0. The van der Waals surface area contributed by atoms with Gasteiger partial charge in [0.15, 0.2) is 0 Å². The van der Waals surface area contributed by atoms with Gasteiger partial charge in [0, 0.05) is 5.54 Å². The lowest BCUT2D eigenvalue weighted by Crippen LogP contribution is -2.55. The van der Waals surface area contributed by atoms with E-state index >= 15 is 0 Å². The molecule has 0 aromatic carbocycles. The van der Waals surface area contributed by atoms with Gasteiger partial charge in [0.2, 0.25) is 0 Å². The fourth-order valence-corrected chi connectivity index (χ4v) is 3.08. The van der Waals surface area contributed by atoms with E-state index in [2.05, 4.69) is 5.32 Å². The fraction of sp³-hybridized carbons (Fsp3) is 0.909. The molecule has 2 bridgehead atoms. The summed E-state index contributed by atoms with van der Waals surface area (Å²) < 4.78 is 4.92. The van der Waals surface area contributed by atoms with Crippen LogP contribution in [0.5, 0.6) is 0 Å². The minimum Gasteiger partial charge on any atom is -0.469 e. The first-order chi connectivity index (χ1) is 6.66. The summed E-state index contributed by atoms with van der Waals surface area (Å²) in [6.07, 6.45) is 6.37. The molecule has 80 valence electrons. The third-order valence-electron chi connectivity index (χ3n) is 4.40. The molecule has 0 aromatic heterocycles. The zero-order valence-corrected chi connectivity index (χ0v) is 9.06. The van der Waals surface area contributed by atoms with E-state index in [0.29, 0.717) is 5.54 Å². The smallest absolute Gasteiger partial charge is 0.311 e. The van der Waals surface area contributed by atoms with Crippen molar-refractivity contribution in [3.8, 4) is 0 Å². The van der Waals surface area contributed by atoms with Crippen LogP contribution in [0, 0.1) is 5.41 Å². The molecule has 0 amide bonds. The Kier molecular flexibility index (Phi) is 2.30. The van der Waals surface area contributed by atoms with Crippen LogP contribution >= 0.6 is 0 Å². The predicted molar refractivity (Wildman–Crippen MR) is 53.9 cm³/mol. The van der Waals surface area contributed by atoms with Gasteiger partial charge in [-0.15, -0.1) is 0 Å². The Morgan fingerprint density at radius 1 is 1.14 bits per heavy atom. The number of carbonyl (C=O) groups is 1. The maximum Gasteiger partial charge on any atom is 0.311 e. The molecule has 0 aliphatic heterocycles. The van der Waals surface area contributed by atoms with Gasteiger partial charge >= 0.3 is 5.97 Å². The Balaban J connectivity index is 2.12. The highest BCUT2D eigenvalue weighted by Gasteiger charge is 2.52. The lowest BCUT2D eigenvalue weighted by molar-refractivity contribution is -0.160. The number of rotatable bonds is 2. The molecule has 3 fully saturated rings. The number of esters is 1. The minimum absolute atomic E-state index is 0.0157. The standard InChI is InChI=1S/C11H19NO2/c1-12-11-6-3-10(4-7-11,5-8-11)9(13)14-2/h12H,3-8H2,1-2H3. The number of carbonyl (C=O) groups excluding carboxylic acids is 1. The van der Waals surface area contributed by atoms with Gasteiger partial charge in [0.25, 0.3) is 0 Å². The van der Waals surface area contributed by atoms with E-state index in [4.69, 9.17) is 4.74 Å². The van der Waals surface area contributed by atoms with E-state index in [0.717, 1.165) is 38.5 Å². The van der Waals surface area contributed by atoms with Crippen LogP contribution in [0.3, 0.4) is 0 Å². The maximum absolute atomic E-state index is 11.7. The van der Waals surface area contributed by atoms with Crippen LogP contribution in [0.15, 0.2) is 0 Å². The molecule has 0 heterocycles. The molecule has 0 unspecified atom stereocenters. The highest BCUT2D eigenvalue weighted by molar-refractivity contribution is 5.77. The van der Waals surface area contributed by atoms with Crippen molar-refractivity contribution < 1.29 is 9.53 Å². The van der Waals surface area contributed by atoms with E-state index < -0.39 is 0 Å². The van der Waals surface area contributed by atoms with Gasteiger partial charge in [-0.1, -0.05) is 0 Å². The molecule has 0 aromatic rings. The van der Waals surface area contributed by atoms with Crippen LogP contribution in [0.2, 0.25) is 0 Å². The second-order valence-electron chi connectivity index (χ2n) is 4.80. The SMILES string of the molecule is CNC12CCC(C(=O)OC)(CC1)CC2. The van der Waals surface area contributed by atoms with Gasteiger partial charge in [0.1, 0.15) is 0 Å². The number of methoxy groups -OCH3 is 1. The highest BCUT2D eigenvalue weighted by atomic mass is 16.5. The monoisotopic (exact) mass is 197 g/mol. The second kappa shape index (κ2) is 3.23.